The van der Waals surface area contributed by atoms with Crippen LogP contribution in [0.25, 0.3) is 0 Å². The Bertz CT molecular complexity index is 171. The van der Waals surface area contributed by atoms with E-state index < -0.39 is 5.97 Å². The van der Waals surface area contributed by atoms with Gasteiger partial charge in [-0.15, -0.1) is 0 Å². The summed E-state index contributed by atoms with van der Waals surface area (Å²) >= 11 is 0. The fourth-order valence-electron chi connectivity index (χ4n) is 0.972. The molecule has 0 aliphatic carbocycles. The Kier molecular flexibility index (Phi) is 6.49. The van der Waals surface area contributed by atoms with Crippen molar-refractivity contribution in [2.75, 3.05) is 13.2 Å². The molecule has 4 nitrogen and oxygen atoms in total. The normalized spacial score (nSPS) is 15.5. The largest absolute Gasteiger partial charge is 0.481 e. The maximum atomic E-state index is 10.6. The minimum Gasteiger partial charge on any atom is -0.481 e. The zero-order valence-corrected chi connectivity index (χ0v) is 9.41. The van der Waals surface area contributed by atoms with E-state index in [0.29, 0.717) is 13.2 Å². The van der Waals surface area contributed by atoms with E-state index in [9.17, 15) is 4.79 Å². The highest BCUT2D eigenvalue weighted by atomic mass is 16.5. The van der Waals surface area contributed by atoms with Crippen molar-refractivity contribution in [2.24, 2.45) is 5.92 Å². The molecule has 0 aromatic carbocycles. The molecule has 84 valence electrons. The Morgan fingerprint density at radius 2 is 1.93 bits per heavy atom. The van der Waals surface area contributed by atoms with Gasteiger partial charge in [-0.05, 0) is 20.8 Å². The van der Waals surface area contributed by atoms with E-state index in [1.54, 1.807) is 6.92 Å². The minimum absolute atomic E-state index is 0.0248. The third-order valence-electron chi connectivity index (χ3n) is 2.16. The van der Waals surface area contributed by atoms with E-state index in [0.717, 1.165) is 0 Å². The van der Waals surface area contributed by atoms with Crippen molar-refractivity contribution in [3.05, 3.63) is 0 Å². The van der Waals surface area contributed by atoms with Gasteiger partial charge in [0.05, 0.1) is 18.6 Å². The predicted molar refractivity (Wildman–Crippen MR) is 55.4 cm³/mol. The number of rotatable bonds is 7. The lowest BCUT2D eigenvalue weighted by atomic mass is 10.0. The molecule has 0 amide bonds. The molecule has 0 saturated heterocycles. The summed E-state index contributed by atoms with van der Waals surface area (Å²) in [7, 11) is 0. The lowest BCUT2D eigenvalue weighted by Crippen LogP contribution is -2.38. The van der Waals surface area contributed by atoms with E-state index in [2.05, 4.69) is 5.32 Å². The Morgan fingerprint density at radius 3 is 2.36 bits per heavy atom. The van der Waals surface area contributed by atoms with Crippen LogP contribution in [0.4, 0.5) is 0 Å². The fraction of sp³-hybridized carbons (Fsp3) is 0.900. The number of aliphatic carboxylic acids is 1. The number of hydrogen-bond acceptors (Lipinski definition) is 3. The summed E-state index contributed by atoms with van der Waals surface area (Å²) in [5.41, 5.74) is 0. The number of carboxylic acids is 1. The summed E-state index contributed by atoms with van der Waals surface area (Å²) in [5.74, 6) is -1.14. The van der Waals surface area contributed by atoms with Gasteiger partial charge in [-0.25, -0.2) is 0 Å². The van der Waals surface area contributed by atoms with Gasteiger partial charge < -0.3 is 15.2 Å². The highest BCUT2D eigenvalue weighted by Crippen LogP contribution is 2.01. The van der Waals surface area contributed by atoms with Gasteiger partial charge in [0.2, 0.25) is 0 Å². The van der Waals surface area contributed by atoms with Gasteiger partial charge in [-0.2, -0.15) is 0 Å². The minimum atomic E-state index is -0.769. The van der Waals surface area contributed by atoms with Gasteiger partial charge in [-0.1, -0.05) is 6.92 Å². The van der Waals surface area contributed by atoms with Crippen molar-refractivity contribution in [3.63, 3.8) is 0 Å². The van der Waals surface area contributed by atoms with Crippen LogP contribution in [-0.4, -0.2) is 36.4 Å². The maximum absolute atomic E-state index is 10.6. The molecule has 0 bridgehead atoms. The summed E-state index contributed by atoms with van der Waals surface area (Å²) in [6, 6.07) is -0.0248. The third kappa shape index (κ3) is 5.94. The standard InChI is InChI=1S/C10H21NO3/c1-7(2)14-6-5-11-9(4)8(3)10(12)13/h7-9,11H,5-6H2,1-4H3,(H,12,13). The summed E-state index contributed by atoms with van der Waals surface area (Å²) in [4.78, 5) is 10.6. The topological polar surface area (TPSA) is 58.6 Å². The van der Waals surface area contributed by atoms with E-state index in [-0.39, 0.29) is 18.1 Å². The molecule has 0 aliphatic rings. The van der Waals surface area contributed by atoms with Crippen LogP contribution < -0.4 is 5.32 Å². The Labute approximate surface area is 85.6 Å². The summed E-state index contributed by atoms with van der Waals surface area (Å²) < 4.78 is 5.32. The average molecular weight is 203 g/mol. The number of nitrogens with one attached hydrogen (secondary N) is 1. The van der Waals surface area contributed by atoms with E-state index in [4.69, 9.17) is 9.84 Å². The number of carbonyl (C=O) groups is 1. The van der Waals surface area contributed by atoms with Crippen LogP contribution in [0, 0.1) is 5.92 Å². The molecule has 0 rings (SSSR count). The van der Waals surface area contributed by atoms with Crippen molar-refractivity contribution in [3.8, 4) is 0 Å². The second-order valence-corrected chi connectivity index (χ2v) is 3.79. The van der Waals surface area contributed by atoms with E-state index in [1.165, 1.54) is 0 Å². The molecule has 0 spiro atoms. The van der Waals surface area contributed by atoms with Crippen LogP contribution in [-0.2, 0) is 9.53 Å². The number of carboxylic acid groups (broad SMARTS) is 1. The SMILES string of the molecule is CC(C)OCCNC(C)C(C)C(=O)O. The van der Waals surface area contributed by atoms with Crippen molar-refractivity contribution in [1.29, 1.82) is 0 Å². The van der Waals surface area contributed by atoms with E-state index in [1.807, 2.05) is 20.8 Å². The molecule has 2 unspecified atom stereocenters. The molecular formula is C10H21NO3. The monoisotopic (exact) mass is 203 g/mol. The molecule has 0 aromatic heterocycles. The highest BCUT2D eigenvalue weighted by Gasteiger charge is 2.18. The molecule has 0 radical (unpaired) electrons. The van der Waals surface area contributed by atoms with Crippen LogP contribution in [0.15, 0.2) is 0 Å². The summed E-state index contributed by atoms with van der Waals surface area (Å²) in [6.07, 6.45) is 0.226. The first kappa shape index (κ1) is 13.4. The number of hydrogen-bond donors (Lipinski definition) is 2. The van der Waals surface area contributed by atoms with Crippen LogP contribution >= 0.6 is 0 Å². The molecule has 14 heavy (non-hydrogen) atoms. The first-order valence-corrected chi connectivity index (χ1v) is 5.03. The second kappa shape index (κ2) is 6.79. The lowest BCUT2D eigenvalue weighted by Gasteiger charge is -2.18. The van der Waals surface area contributed by atoms with Crippen LogP contribution in [0.5, 0.6) is 0 Å². The quantitative estimate of drug-likeness (QED) is 0.609. The van der Waals surface area contributed by atoms with Crippen molar-refractivity contribution < 1.29 is 14.6 Å². The van der Waals surface area contributed by atoms with Crippen molar-refractivity contribution in [2.45, 2.75) is 39.8 Å². The average Bonchev–Trinajstić information content (AvgIpc) is 2.10. The van der Waals surface area contributed by atoms with Crippen LogP contribution in [0.3, 0.4) is 0 Å². The first-order chi connectivity index (χ1) is 6.45. The molecule has 0 saturated carbocycles. The zero-order valence-electron chi connectivity index (χ0n) is 9.41. The molecule has 2 N–H and O–H groups in total. The molecule has 0 aliphatic heterocycles. The highest BCUT2D eigenvalue weighted by molar-refractivity contribution is 5.70. The Hall–Kier alpha value is -0.610. The van der Waals surface area contributed by atoms with Gasteiger partial charge >= 0.3 is 5.97 Å². The fourth-order valence-corrected chi connectivity index (χ4v) is 0.972. The Morgan fingerprint density at radius 1 is 1.36 bits per heavy atom. The van der Waals surface area contributed by atoms with E-state index >= 15 is 0 Å². The molecular weight excluding hydrogens is 182 g/mol. The number of ether oxygens (including phenoxy) is 1. The smallest absolute Gasteiger partial charge is 0.307 e. The Balaban J connectivity index is 3.53. The molecule has 4 heteroatoms. The van der Waals surface area contributed by atoms with Crippen molar-refractivity contribution >= 4 is 5.97 Å². The predicted octanol–water partition coefficient (Wildman–Crippen LogP) is 1.11. The van der Waals surface area contributed by atoms with Gasteiger partial charge in [0.25, 0.3) is 0 Å². The summed E-state index contributed by atoms with van der Waals surface area (Å²) in [5, 5.41) is 11.8. The molecule has 2 atom stereocenters. The van der Waals surface area contributed by atoms with Crippen molar-refractivity contribution in [1.82, 2.24) is 5.32 Å². The van der Waals surface area contributed by atoms with Gasteiger partial charge in [0.15, 0.2) is 0 Å². The zero-order chi connectivity index (χ0) is 11.1. The lowest BCUT2D eigenvalue weighted by molar-refractivity contribution is -0.141. The maximum Gasteiger partial charge on any atom is 0.307 e. The molecule has 0 heterocycles. The third-order valence-corrected chi connectivity index (χ3v) is 2.16. The van der Waals surface area contributed by atoms with Gasteiger partial charge in [-0.3, -0.25) is 4.79 Å². The van der Waals surface area contributed by atoms with Crippen LogP contribution in [0.1, 0.15) is 27.7 Å². The molecule has 0 aromatic rings. The second-order valence-electron chi connectivity index (χ2n) is 3.79. The first-order valence-electron chi connectivity index (χ1n) is 5.03. The van der Waals surface area contributed by atoms with Gasteiger partial charge in [0.1, 0.15) is 0 Å². The van der Waals surface area contributed by atoms with Gasteiger partial charge in [0, 0.05) is 12.6 Å². The van der Waals surface area contributed by atoms with Crippen LogP contribution in [0.2, 0.25) is 0 Å². The molecule has 0 fully saturated rings. The summed E-state index contributed by atoms with van der Waals surface area (Å²) in [6.45, 7) is 8.83.